The van der Waals surface area contributed by atoms with Crippen LogP contribution in [0.25, 0.3) is 0 Å². The van der Waals surface area contributed by atoms with E-state index < -0.39 is 0 Å². The normalized spacial score (nSPS) is 10.9. The van der Waals surface area contributed by atoms with Crippen molar-refractivity contribution >= 4 is 35.1 Å². The summed E-state index contributed by atoms with van der Waals surface area (Å²) in [7, 11) is 0. The van der Waals surface area contributed by atoms with Gasteiger partial charge in [-0.2, -0.15) is 0 Å². The maximum atomic E-state index is 9.87. The Labute approximate surface area is 127 Å². The summed E-state index contributed by atoms with van der Waals surface area (Å²) in [6.07, 6.45) is 1.53. The zero-order chi connectivity index (χ0) is 14.5. The van der Waals surface area contributed by atoms with E-state index in [0.717, 1.165) is 0 Å². The van der Waals surface area contributed by atoms with Crippen molar-refractivity contribution in [1.82, 2.24) is 0 Å². The molecule has 0 heterocycles. The Bertz CT molecular complexity index is 622. The standard InChI is InChI=1S/C15H13Cl2NO2/c1-2-20-10-6-7-14(15(19)8-10)18-9-11-12(16)4-3-5-13(11)17/h3-9,19H,2H2,1H3. The SMILES string of the molecule is CCOc1ccc(N=Cc2c(Cl)cccc2Cl)c(O)c1. The molecule has 0 aliphatic heterocycles. The fraction of sp³-hybridized carbons (Fsp3) is 0.133. The van der Waals surface area contributed by atoms with Gasteiger partial charge in [-0.3, -0.25) is 4.99 Å². The van der Waals surface area contributed by atoms with Gasteiger partial charge in [0.2, 0.25) is 0 Å². The highest BCUT2D eigenvalue weighted by molar-refractivity contribution is 6.38. The van der Waals surface area contributed by atoms with E-state index in [-0.39, 0.29) is 5.75 Å². The van der Waals surface area contributed by atoms with Gasteiger partial charge >= 0.3 is 0 Å². The van der Waals surface area contributed by atoms with Crippen molar-refractivity contribution in [1.29, 1.82) is 0 Å². The number of rotatable bonds is 4. The molecule has 20 heavy (non-hydrogen) atoms. The molecule has 3 nitrogen and oxygen atoms in total. The molecular weight excluding hydrogens is 297 g/mol. The van der Waals surface area contributed by atoms with Crippen LogP contribution in [0.2, 0.25) is 10.0 Å². The third-order valence-electron chi connectivity index (χ3n) is 2.59. The zero-order valence-electron chi connectivity index (χ0n) is 10.8. The number of benzene rings is 2. The van der Waals surface area contributed by atoms with Crippen LogP contribution in [-0.4, -0.2) is 17.9 Å². The molecule has 5 heteroatoms. The Morgan fingerprint density at radius 1 is 1.20 bits per heavy atom. The average molecular weight is 310 g/mol. The highest BCUT2D eigenvalue weighted by atomic mass is 35.5. The van der Waals surface area contributed by atoms with Gasteiger partial charge in [0, 0.05) is 17.8 Å². The number of phenolic OH excluding ortho intramolecular Hbond substituents is 1. The van der Waals surface area contributed by atoms with E-state index in [0.29, 0.717) is 33.7 Å². The Morgan fingerprint density at radius 2 is 1.90 bits per heavy atom. The van der Waals surface area contributed by atoms with Crippen LogP contribution < -0.4 is 4.74 Å². The Kier molecular flexibility index (Phi) is 4.88. The van der Waals surface area contributed by atoms with E-state index in [2.05, 4.69) is 4.99 Å². The molecule has 0 unspecified atom stereocenters. The Balaban J connectivity index is 2.28. The summed E-state index contributed by atoms with van der Waals surface area (Å²) in [5.74, 6) is 0.634. The van der Waals surface area contributed by atoms with Gasteiger partial charge in [-0.15, -0.1) is 0 Å². The lowest BCUT2D eigenvalue weighted by Crippen LogP contribution is -1.90. The lowest BCUT2D eigenvalue weighted by Gasteiger charge is -2.05. The topological polar surface area (TPSA) is 41.8 Å². The van der Waals surface area contributed by atoms with E-state index in [1.165, 1.54) is 12.3 Å². The van der Waals surface area contributed by atoms with E-state index >= 15 is 0 Å². The van der Waals surface area contributed by atoms with Crippen LogP contribution in [0, 0.1) is 0 Å². The number of aliphatic imine (C=N–C) groups is 1. The molecule has 0 saturated carbocycles. The highest BCUT2D eigenvalue weighted by Crippen LogP contribution is 2.31. The number of halogens is 2. The molecule has 0 aliphatic rings. The number of ether oxygens (including phenoxy) is 1. The summed E-state index contributed by atoms with van der Waals surface area (Å²) in [5, 5.41) is 10.9. The van der Waals surface area contributed by atoms with Crippen molar-refractivity contribution in [2.45, 2.75) is 6.92 Å². The second kappa shape index (κ2) is 6.64. The molecule has 0 atom stereocenters. The fourth-order valence-electron chi connectivity index (χ4n) is 1.64. The van der Waals surface area contributed by atoms with Gasteiger partial charge in [-0.05, 0) is 31.2 Å². The predicted molar refractivity (Wildman–Crippen MR) is 83.0 cm³/mol. The van der Waals surface area contributed by atoms with Crippen molar-refractivity contribution in [3.8, 4) is 11.5 Å². The second-order valence-corrected chi connectivity index (χ2v) is 4.79. The van der Waals surface area contributed by atoms with Gasteiger partial charge in [-0.25, -0.2) is 0 Å². The Hall–Kier alpha value is -1.71. The number of hydrogen-bond donors (Lipinski definition) is 1. The summed E-state index contributed by atoms with van der Waals surface area (Å²) < 4.78 is 5.29. The molecule has 104 valence electrons. The van der Waals surface area contributed by atoms with Crippen LogP contribution in [0.15, 0.2) is 41.4 Å². The summed E-state index contributed by atoms with van der Waals surface area (Å²) >= 11 is 12.1. The van der Waals surface area contributed by atoms with Crippen LogP contribution in [0.4, 0.5) is 5.69 Å². The number of hydrogen-bond acceptors (Lipinski definition) is 3. The van der Waals surface area contributed by atoms with E-state index in [4.69, 9.17) is 27.9 Å². The third kappa shape index (κ3) is 3.44. The molecule has 0 amide bonds. The molecule has 0 spiro atoms. The molecule has 1 N–H and O–H groups in total. The highest BCUT2D eigenvalue weighted by Gasteiger charge is 2.04. The van der Waals surface area contributed by atoms with Crippen molar-refractivity contribution in [3.63, 3.8) is 0 Å². The average Bonchev–Trinajstić information content (AvgIpc) is 2.40. The first-order valence-electron chi connectivity index (χ1n) is 6.05. The number of phenols is 1. The number of nitrogens with zero attached hydrogens (tertiary/aromatic N) is 1. The molecule has 2 aromatic rings. The quantitative estimate of drug-likeness (QED) is 0.820. The van der Waals surface area contributed by atoms with E-state index in [1.54, 1.807) is 30.3 Å². The lowest BCUT2D eigenvalue weighted by atomic mass is 10.2. The maximum Gasteiger partial charge on any atom is 0.144 e. The minimum Gasteiger partial charge on any atom is -0.506 e. The van der Waals surface area contributed by atoms with Gasteiger partial charge in [0.1, 0.15) is 17.2 Å². The molecule has 0 aromatic heterocycles. The monoisotopic (exact) mass is 309 g/mol. The number of aromatic hydroxyl groups is 1. The first kappa shape index (κ1) is 14.7. The van der Waals surface area contributed by atoms with Crippen LogP contribution in [-0.2, 0) is 0 Å². The van der Waals surface area contributed by atoms with E-state index in [1.807, 2.05) is 6.92 Å². The summed E-state index contributed by atoms with van der Waals surface area (Å²) in [6, 6.07) is 10.1. The summed E-state index contributed by atoms with van der Waals surface area (Å²) in [5.41, 5.74) is 1.04. The molecule has 2 rings (SSSR count). The molecule has 0 fully saturated rings. The van der Waals surface area contributed by atoms with Crippen molar-refractivity contribution in [3.05, 3.63) is 52.0 Å². The first-order chi connectivity index (χ1) is 9.61. The minimum atomic E-state index is 0.0374. The van der Waals surface area contributed by atoms with Crippen LogP contribution in [0.3, 0.4) is 0 Å². The smallest absolute Gasteiger partial charge is 0.144 e. The molecular formula is C15H13Cl2NO2. The van der Waals surface area contributed by atoms with Crippen molar-refractivity contribution in [2.75, 3.05) is 6.61 Å². The predicted octanol–water partition coefficient (Wildman–Crippen LogP) is 4.85. The fourth-order valence-corrected chi connectivity index (χ4v) is 2.13. The molecule has 0 bridgehead atoms. The lowest BCUT2D eigenvalue weighted by molar-refractivity contribution is 0.338. The first-order valence-corrected chi connectivity index (χ1v) is 6.81. The van der Waals surface area contributed by atoms with Gasteiger partial charge in [0.15, 0.2) is 0 Å². The van der Waals surface area contributed by atoms with E-state index in [9.17, 15) is 5.11 Å². The van der Waals surface area contributed by atoms with Gasteiger partial charge < -0.3 is 9.84 Å². The van der Waals surface area contributed by atoms with Crippen molar-refractivity contribution < 1.29 is 9.84 Å². The molecule has 0 radical (unpaired) electrons. The van der Waals surface area contributed by atoms with Gasteiger partial charge in [0.25, 0.3) is 0 Å². The third-order valence-corrected chi connectivity index (χ3v) is 3.25. The van der Waals surface area contributed by atoms with Gasteiger partial charge in [0.05, 0.1) is 16.7 Å². The zero-order valence-corrected chi connectivity index (χ0v) is 12.3. The Morgan fingerprint density at radius 3 is 2.50 bits per heavy atom. The second-order valence-electron chi connectivity index (χ2n) is 3.98. The molecule has 2 aromatic carbocycles. The van der Waals surface area contributed by atoms with Crippen molar-refractivity contribution in [2.24, 2.45) is 4.99 Å². The van der Waals surface area contributed by atoms with Crippen LogP contribution in [0.1, 0.15) is 12.5 Å². The minimum absolute atomic E-state index is 0.0374. The summed E-state index contributed by atoms with van der Waals surface area (Å²) in [6.45, 7) is 2.42. The molecule has 0 aliphatic carbocycles. The largest absolute Gasteiger partial charge is 0.506 e. The van der Waals surface area contributed by atoms with Crippen LogP contribution >= 0.6 is 23.2 Å². The molecule has 0 saturated heterocycles. The van der Waals surface area contributed by atoms with Crippen LogP contribution in [0.5, 0.6) is 11.5 Å². The summed E-state index contributed by atoms with van der Waals surface area (Å²) in [4.78, 5) is 4.20. The maximum absolute atomic E-state index is 9.87. The van der Waals surface area contributed by atoms with Gasteiger partial charge in [-0.1, -0.05) is 29.3 Å².